The molecule has 0 spiro atoms. The van der Waals surface area contributed by atoms with Gasteiger partial charge in [-0.05, 0) is 148 Å². The van der Waals surface area contributed by atoms with Crippen LogP contribution in [0.25, 0.3) is 0 Å². The molecule has 0 radical (unpaired) electrons. The van der Waals surface area contributed by atoms with E-state index in [9.17, 15) is 28.9 Å². The van der Waals surface area contributed by atoms with Crippen LogP contribution >= 0.6 is 7.82 Å². The zero-order valence-corrected chi connectivity index (χ0v) is 53.4. The highest BCUT2D eigenvalue weighted by molar-refractivity contribution is 7.47. The number of ether oxygens (including phenoxy) is 3. The van der Waals surface area contributed by atoms with Crippen LogP contribution in [0.15, 0.2) is 158 Å². The molecule has 0 heterocycles. The van der Waals surface area contributed by atoms with Crippen molar-refractivity contribution in [1.29, 1.82) is 0 Å². The number of unbranched alkanes of at least 4 members (excludes halogenated alkanes) is 15. The summed E-state index contributed by atoms with van der Waals surface area (Å²) in [4.78, 5) is 48.8. The lowest BCUT2D eigenvalue weighted by atomic mass is 10.1. The summed E-state index contributed by atoms with van der Waals surface area (Å²) >= 11 is 0. The molecule has 0 amide bonds. The van der Waals surface area contributed by atoms with Crippen molar-refractivity contribution in [3.05, 3.63) is 158 Å². The summed E-state index contributed by atoms with van der Waals surface area (Å²) in [5.74, 6) is -1.57. The maximum Gasteiger partial charge on any atom is 0.472 e. The summed E-state index contributed by atoms with van der Waals surface area (Å²) in [6, 6.07) is 0. The van der Waals surface area contributed by atoms with Crippen LogP contribution in [0, 0.1) is 0 Å². The van der Waals surface area contributed by atoms with Crippen molar-refractivity contribution in [3.8, 4) is 0 Å². The molecule has 2 N–H and O–H groups in total. The van der Waals surface area contributed by atoms with Gasteiger partial charge in [-0.2, -0.15) is 0 Å². The van der Waals surface area contributed by atoms with E-state index in [4.69, 9.17) is 23.3 Å². The number of hydrogen-bond donors (Lipinski definition) is 2. The molecular formula is C72H115O11P. The zero-order valence-electron chi connectivity index (χ0n) is 52.6. The van der Waals surface area contributed by atoms with E-state index in [1.165, 1.54) is 25.7 Å². The summed E-state index contributed by atoms with van der Waals surface area (Å²) in [7, 11) is -4.79. The zero-order chi connectivity index (χ0) is 61.2. The van der Waals surface area contributed by atoms with Gasteiger partial charge in [0.15, 0.2) is 6.10 Å². The van der Waals surface area contributed by atoms with Gasteiger partial charge in [0, 0.05) is 19.3 Å². The summed E-state index contributed by atoms with van der Waals surface area (Å²) in [6.07, 6.45) is 84.7. The number of aliphatic hydroxyl groups excluding tert-OH is 1. The number of allylic oxidation sites excluding steroid dienone is 26. The third-order valence-corrected chi connectivity index (χ3v) is 13.9. The lowest BCUT2D eigenvalue weighted by Gasteiger charge is -2.21. The summed E-state index contributed by atoms with van der Waals surface area (Å²) in [6.45, 7) is 4.30. The second-order valence-corrected chi connectivity index (χ2v) is 22.3. The van der Waals surface area contributed by atoms with E-state index < -0.39 is 57.8 Å². The number of carbonyl (C=O) groups excluding carboxylic acids is 3. The highest BCUT2D eigenvalue weighted by Gasteiger charge is 2.28. The molecule has 0 aromatic rings. The minimum atomic E-state index is -4.79. The van der Waals surface area contributed by atoms with Gasteiger partial charge in [-0.3, -0.25) is 23.4 Å². The Morgan fingerprint density at radius 1 is 0.345 bits per heavy atom. The van der Waals surface area contributed by atoms with Gasteiger partial charge in [-0.1, -0.05) is 230 Å². The molecule has 11 nitrogen and oxygen atoms in total. The monoisotopic (exact) mass is 1190 g/mol. The quantitative estimate of drug-likeness (QED) is 0.0197. The first-order valence-electron chi connectivity index (χ1n) is 32.4. The number of phosphoric acid groups is 1. The molecule has 0 aliphatic carbocycles. The Kier molecular flexibility index (Phi) is 60.4. The fourth-order valence-corrected chi connectivity index (χ4v) is 8.85. The molecule has 0 saturated heterocycles. The predicted molar refractivity (Wildman–Crippen MR) is 352 cm³/mol. The fourth-order valence-electron chi connectivity index (χ4n) is 8.06. The maximum atomic E-state index is 13.0. The van der Waals surface area contributed by atoms with E-state index in [1.54, 1.807) is 0 Å². The van der Waals surface area contributed by atoms with E-state index >= 15 is 0 Å². The summed E-state index contributed by atoms with van der Waals surface area (Å²) in [5, 5.41) is 9.87. The van der Waals surface area contributed by atoms with E-state index in [0.29, 0.717) is 19.3 Å². The number of rotatable bonds is 58. The van der Waals surface area contributed by atoms with Crippen LogP contribution in [-0.2, 0) is 42.2 Å². The third kappa shape index (κ3) is 61.7. The molecule has 0 aliphatic rings. The molecular weight excluding hydrogens is 1070 g/mol. The number of esters is 3. The van der Waals surface area contributed by atoms with Crippen molar-refractivity contribution in [2.24, 2.45) is 0 Å². The van der Waals surface area contributed by atoms with Gasteiger partial charge in [-0.15, -0.1) is 0 Å². The van der Waals surface area contributed by atoms with Gasteiger partial charge in [-0.25, -0.2) is 4.57 Å². The Hall–Kier alpha value is -4.90. The van der Waals surface area contributed by atoms with Gasteiger partial charge in [0.1, 0.15) is 12.7 Å². The molecule has 474 valence electrons. The molecule has 3 atom stereocenters. The topological polar surface area (TPSA) is 155 Å². The second kappa shape index (κ2) is 64.1. The van der Waals surface area contributed by atoms with Crippen molar-refractivity contribution in [3.63, 3.8) is 0 Å². The van der Waals surface area contributed by atoms with E-state index in [0.717, 1.165) is 154 Å². The largest absolute Gasteiger partial charge is 0.472 e. The van der Waals surface area contributed by atoms with Gasteiger partial charge < -0.3 is 24.2 Å². The molecule has 0 bridgehead atoms. The standard InChI is InChI=1S/C72H115O11P/c1-4-7-10-13-16-19-22-25-28-31-34-37-40-43-46-49-52-55-58-61-70(74)79-65-69(83-72(76)63-60-57-54-51-48-45-42-39-36-33-30-27-24-21-18-15-12-9-6-3)67-81-84(77,78)80-66-68(64-73)82-71(75)62-59-56-53-50-47-44-41-38-35-32-29-26-23-20-17-14-11-8-5-2/h7,9-10,12,16-21,25-30,34-39,43,45-46,48,68-69,73H,4-6,8,11,13-15,22-24,31-33,40-42,44,47,49-67H2,1-3H3,(H,77,78)/b10-7-,12-9-,19-16-,20-17-,21-18-,28-25-,29-26-,30-27-,37-34-,38-35-,39-36-,46-43-,48-45-. The lowest BCUT2D eigenvalue weighted by molar-refractivity contribution is -0.161. The molecule has 0 saturated carbocycles. The van der Waals surface area contributed by atoms with Crippen LogP contribution in [0.5, 0.6) is 0 Å². The Balaban J connectivity index is 4.85. The molecule has 0 aromatic carbocycles. The fraction of sp³-hybridized carbons (Fsp3) is 0.597. The minimum Gasteiger partial charge on any atom is -0.462 e. The number of carbonyl (C=O) groups is 3. The van der Waals surface area contributed by atoms with Gasteiger partial charge in [0.25, 0.3) is 0 Å². The van der Waals surface area contributed by atoms with E-state index in [1.807, 2.05) is 0 Å². The van der Waals surface area contributed by atoms with Gasteiger partial charge >= 0.3 is 25.7 Å². The highest BCUT2D eigenvalue weighted by Crippen LogP contribution is 2.43. The average Bonchev–Trinajstić information content (AvgIpc) is 3.55. The Morgan fingerprint density at radius 2 is 0.619 bits per heavy atom. The van der Waals surface area contributed by atoms with Crippen LogP contribution in [0.4, 0.5) is 0 Å². The van der Waals surface area contributed by atoms with Crippen molar-refractivity contribution < 1.29 is 52.2 Å². The Bertz CT molecular complexity index is 2020. The molecule has 0 aromatic heterocycles. The number of phosphoric ester groups is 1. The van der Waals surface area contributed by atoms with Crippen molar-refractivity contribution in [2.75, 3.05) is 26.4 Å². The average molecular weight is 1190 g/mol. The second-order valence-electron chi connectivity index (χ2n) is 20.8. The van der Waals surface area contributed by atoms with Crippen LogP contribution in [-0.4, -0.2) is 66.5 Å². The normalized spacial score (nSPS) is 14.3. The first-order chi connectivity index (χ1) is 41.2. The Morgan fingerprint density at radius 3 is 0.964 bits per heavy atom. The first-order valence-corrected chi connectivity index (χ1v) is 33.9. The molecule has 0 fully saturated rings. The van der Waals surface area contributed by atoms with Crippen molar-refractivity contribution in [1.82, 2.24) is 0 Å². The molecule has 3 unspecified atom stereocenters. The van der Waals surface area contributed by atoms with Crippen molar-refractivity contribution in [2.45, 2.75) is 251 Å². The number of aliphatic hydroxyl groups is 1. The summed E-state index contributed by atoms with van der Waals surface area (Å²) in [5.41, 5.74) is 0. The van der Waals surface area contributed by atoms with Crippen LogP contribution in [0.1, 0.15) is 239 Å². The predicted octanol–water partition coefficient (Wildman–Crippen LogP) is 20.0. The molecule has 0 rings (SSSR count). The lowest BCUT2D eigenvalue weighted by Crippen LogP contribution is -2.30. The summed E-state index contributed by atoms with van der Waals surface area (Å²) < 4.78 is 39.6. The highest BCUT2D eigenvalue weighted by atomic mass is 31.2. The Labute approximate surface area is 511 Å². The smallest absolute Gasteiger partial charge is 0.462 e. The maximum absolute atomic E-state index is 13.0. The SMILES string of the molecule is CC/C=C\C/C=C\C/C=C\C/C=C\C/C=C\CCCCCC(=O)OCC(COP(=O)(O)OCC(CO)OC(=O)CCCCCCCC/C=C\C/C=C\C/C=C\CCCCC)OC(=O)CCCCC/C=C\C/C=C\C/C=C\C/C=C\C/C=C\CC. The minimum absolute atomic E-state index is 0.110. The molecule has 12 heteroatoms. The van der Waals surface area contributed by atoms with Gasteiger partial charge in [0.05, 0.1) is 19.8 Å². The van der Waals surface area contributed by atoms with Gasteiger partial charge in [0.2, 0.25) is 0 Å². The van der Waals surface area contributed by atoms with E-state index in [2.05, 4.69) is 179 Å². The van der Waals surface area contributed by atoms with Crippen LogP contribution < -0.4 is 0 Å². The van der Waals surface area contributed by atoms with E-state index in [-0.39, 0.29) is 25.9 Å². The first kappa shape index (κ1) is 79.1. The van der Waals surface area contributed by atoms with Crippen molar-refractivity contribution >= 4 is 25.7 Å². The third-order valence-electron chi connectivity index (χ3n) is 12.9. The molecule has 0 aliphatic heterocycles. The molecule has 84 heavy (non-hydrogen) atoms. The number of hydrogen-bond acceptors (Lipinski definition) is 10. The van der Waals surface area contributed by atoms with Crippen LogP contribution in [0.2, 0.25) is 0 Å². The van der Waals surface area contributed by atoms with Crippen LogP contribution in [0.3, 0.4) is 0 Å².